The van der Waals surface area contributed by atoms with Crippen molar-refractivity contribution in [1.29, 1.82) is 0 Å². The van der Waals surface area contributed by atoms with Gasteiger partial charge in [-0.25, -0.2) is 0 Å². The molecule has 0 amide bonds. The fourth-order valence-corrected chi connectivity index (χ4v) is 4.56. The second kappa shape index (κ2) is 4.33. The molecule has 1 nitrogen and oxygen atoms in total. The number of hydrogen-bond acceptors (Lipinski definition) is 1. The van der Waals surface area contributed by atoms with Crippen LogP contribution in [0, 0.1) is 29.1 Å². The molecule has 1 heteroatoms. The van der Waals surface area contributed by atoms with E-state index in [9.17, 15) is 5.11 Å². The predicted octanol–water partition coefficient (Wildman–Crippen LogP) is 3.86. The highest BCUT2D eigenvalue weighted by Crippen LogP contribution is 2.54. The quantitative estimate of drug-likeness (QED) is 0.717. The van der Waals surface area contributed by atoms with Gasteiger partial charge in [-0.3, -0.25) is 0 Å². The first kappa shape index (κ1) is 12.4. The molecule has 0 spiro atoms. The van der Waals surface area contributed by atoms with Crippen molar-refractivity contribution in [2.45, 2.75) is 65.9 Å². The molecule has 1 N–H and O–H groups in total. The van der Waals surface area contributed by atoms with Crippen LogP contribution in [0.3, 0.4) is 0 Å². The lowest BCUT2D eigenvalue weighted by Gasteiger charge is -2.54. The average molecular weight is 224 g/mol. The number of rotatable bonds is 1. The van der Waals surface area contributed by atoms with E-state index in [1.807, 2.05) is 0 Å². The van der Waals surface area contributed by atoms with Crippen LogP contribution in [-0.2, 0) is 0 Å². The Bertz CT molecular complexity index is 248. The van der Waals surface area contributed by atoms with E-state index in [0.29, 0.717) is 23.2 Å². The second-order valence-electron chi connectivity index (χ2n) is 6.99. The number of fused-ring (bicyclic) bond motifs is 1. The molecule has 2 aliphatic rings. The normalized spacial score (nSPS) is 49.1. The maximum Gasteiger partial charge on any atom is 0.0606 e. The van der Waals surface area contributed by atoms with Crippen molar-refractivity contribution in [2.24, 2.45) is 29.1 Å². The molecule has 0 aliphatic heterocycles. The lowest BCUT2D eigenvalue weighted by Crippen LogP contribution is -2.51. The molecule has 0 bridgehead atoms. The summed E-state index contributed by atoms with van der Waals surface area (Å²) in [6.07, 6.45) is 6.55. The van der Waals surface area contributed by atoms with Crippen LogP contribution in [0.2, 0.25) is 0 Å². The molecule has 0 aromatic heterocycles. The Balaban J connectivity index is 2.20. The summed E-state index contributed by atoms with van der Waals surface area (Å²) in [4.78, 5) is 0. The van der Waals surface area contributed by atoms with Crippen LogP contribution < -0.4 is 0 Å². The Hall–Kier alpha value is -0.0400. The predicted molar refractivity (Wildman–Crippen MR) is 68.2 cm³/mol. The van der Waals surface area contributed by atoms with Crippen LogP contribution in [0.5, 0.6) is 0 Å². The number of aliphatic hydroxyl groups excluding tert-OH is 1. The molecule has 0 radical (unpaired) electrons. The number of hydrogen-bond donors (Lipinski definition) is 1. The van der Waals surface area contributed by atoms with E-state index in [2.05, 4.69) is 27.7 Å². The fourth-order valence-electron chi connectivity index (χ4n) is 4.56. The molecule has 94 valence electrons. The molecule has 5 atom stereocenters. The fraction of sp³-hybridized carbons (Fsp3) is 1.00. The van der Waals surface area contributed by atoms with Gasteiger partial charge in [0.1, 0.15) is 0 Å². The Kier molecular flexibility index (Phi) is 3.36. The summed E-state index contributed by atoms with van der Waals surface area (Å²) in [6, 6.07) is 0. The van der Waals surface area contributed by atoms with Crippen LogP contribution >= 0.6 is 0 Å². The SMILES string of the molecule is CC(C)[C@H]1CC[C@@]2(C)CCC[C@@H](C)[C@@H]2C1O. The van der Waals surface area contributed by atoms with Gasteiger partial charge in [-0.05, 0) is 48.3 Å². The minimum atomic E-state index is -0.0472. The molecule has 2 saturated carbocycles. The van der Waals surface area contributed by atoms with Gasteiger partial charge in [0.25, 0.3) is 0 Å². The molecule has 0 heterocycles. The zero-order valence-electron chi connectivity index (χ0n) is 11.4. The zero-order chi connectivity index (χ0) is 11.9. The van der Waals surface area contributed by atoms with Crippen molar-refractivity contribution in [3.8, 4) is 0 Å². The van der Waals surface area contributed by atoms with Gasteiger partial charge >= 0.3 is 0 Å². The largest absolute Gasteiger partial charge is 0.393 e. The van der Waals surface area contributed by atoms with E-state index in [-0.39, 0.29) is 6.10 Å². The Morgan fingerprint density at radius 2 is 1.88 bits per heavy atom. The summed E-state index contributed by atoms with van der Waals surface area (Å²) in [7, 11) is 0. The molecular formula is C15H28O. The van der Waals surface area contributed by atoms with E-state index >= 15 is 0 Å². The molecule has 16 heavy (non-hydrogen) atoms. The van der Waals surface area contributed by atoms with Crippen molar-refractivity contribution < 1.29 is 5.11 Å². The van der Waals surface area contributed by atoms with Crippen LogP contribution in [0.1, 0.15) is 59.8 Å². The van der Waals surface area contributed by atoms with Gasteiger partial charge in [0.15, 0.2) is 0 Å². The van der Waals surface area contributed by atoms with Gasteiger partial charge < -0.3 is 5.11 Å². The standard InChI is InChI=1S/C15H28O/c1-10(2)12-7-9-15(4)8-5-6-11(3)13(15)14(12)16/h10-14,16H,5-9H2,1-4H3/t11-,12-,13-,14?,15-/m1/s1. The molecule has 2 aliphatic carbocycles. The van der Waals surface area contributed by atoms with Crippen LogP contribution in [0.25, 0.3) is 0 Å². The minimum Gasteiger partial charge on any atom is -0.393 e. The summed E-state index contributed by atoms with van der Waals surface area (Å²) < 4.78 is 0. The molecule has 0 aromatic carbocycles. The van der Waals surface area contributed by atoms with E-state index in [1.54, 1.807) is 0 Å². The van der Waals surface area contributed by atoms with Crippen molar-refractivity contribution in [1.82, 2.24) is 0 Å². The zero-order valence-corrected chi connectivity index (χ0v) is 11.4. The third-order valence-electron chi connectivity index (χ3n) is 5.54. The lowest BCUT2D eigenvalue weighted by molar-refractivity contribution is -0.112. The first-order chi connectivity index (χ1) is 7.46. The topological polar surface area (TPSA) is 20.2 Å². The molecule has 0 saturated heterocycles. The molecule has 2 rings (SSSR count). The van der Waals surface area contributed by atoms with Gasteiger partial charge in [0.05, 0.1) is 6.10 Å². The third kappa shape index (κ3) is 1.92. The summed E-state index contributed by atoms with van der Waals surface area (Å²) in [5, 5.41) is 10.7. The number of aliphatic hydroxyl groups is 1. The highest BCUT2D eigenvalue weighted by atomic mass is 16.3. The van der Waals surface area contributed by atoms with Crippen molar-refractivity contribution in [3.05, 3.63) is 0 Å². The highest BCUT2D eigenvalue weighted by molar-refractivity contribution is 4.99. The van der Waals surface area contributed by atoms with Crippen molar-refractivity contribution >= 4 is 0 Å². The molecule has 0 aromatic rings. The Labute approximate surface area is 101 Å². The van der Waals surface area contributed by atoms with Gasteiger partial charge in [0.2, 0.25) is 0 Å². The smallest absolute Gasteiger partial charge is 0.0606 e. The van der Waals surface area contributed by atoms with Crippen LogP contribution in [-0.4, -0.2) is 11.2 Å². The van der Waals surface area contributed by atoms with Crippen molar-refractivity contribution in [2.75, 3.05) is 0 Å². The van der Waals surface area contributed by atoms with Gasteiger partial charge in [-0.15, -0.1) is 0 Å². The molecule has 1 unspecified atom stereocenters. The van der Waals surface area contributed by atoms with Gasteiger partial charge in [0, 0.05) is 0 Å². The maximum atomic E-state index is 10.7. The lowest BCUT2D eigenvalue weighted by atomic mass is 9.53. The first-order valence-electron chi connectivity index (χ1n) is 7.14. The highest BCUT2D eigenvalue weighted by Gasteiger charge is 2.49. The van der Waals surface area contributed by atoms with E-state index < -0.39 is 0 Å². The first-order valence-corrected chi connectivity index (χ1v) is 7.14. The Morgan fingerprint density at radius 3 is 2.50 bits per heavy atom. The van der Waals surface area contributed by atoms with Gasteiger partial charge in [-0.1, -0.05) is 40.5 Å². The monoisotopic (exact) mass is 224 g/mol. The van der Waals surface area contributed by atoms with Crippen LogP contribution in [0.4, 0.5) is 0 Å². The second-order valence-corrected chi connectivity index (χ2v) is 6.99. The molecular weight excluding hydrogens is 196 g/mol. The van der Waals surface area contributed by atoms with Gasteiger partial charge in [-0.2, -0.15) is 0 Å². The van der Waals surface area contributed by atoms with Crippen LogP contribution in [0.15, 0.2) is 0 Å². The Morgan fingerprint density at radius 1 is 1.19 bits per heavy atom. The van der Waals surface area contributed by atoms with Crippen molar-refractivity contribution in [3.63, 3.8) is 0 Å². The summed E-state index contributed by atoms with van der Waals surface area (Å²) >= 11 is 0. The van der Waals surface area contributed by atoms with E-state index in [0.717, 1.165) is 5.92 Å². The average Bonchev–Trinajstić information content (AvgIpc) is 2.16. The minimum absolute atomic E-state index is 0.0472. The summed E-state index contributed by atoms with van der Waals surface area (Å²) in [6.45, 7) is 9.31. The summed E-state index contributed by atoms with van der Waals surface area (Å²) in [5.74, 6) is 2.45. The molecule has 2 fully saturated rings. The summed E-state index contributed by atoms with van der Waals surface area (Å²) in [5.41, 5.74) is 0.433. The van der Waals surface area contributed by atoms with E-state index in [1.165, 1.54) is 32.1 Å². The van der Waals surface area contributed by atoms with E-state index in [4.69, 9.17) is 0 Å². The maximum absolute atomic E-state index is 10.7. The third-order valence-corrected chi connectivity index (χ3v) is 5.54.